The van der Waals surface area contributed by atoms with Crippen molar-refractivity contribution in [3.05, 3.63) is 42.5 Å². The summed E-state index contributed by atoms with van der Waals surface area (Å²) in [5, 5.41) is 5.96. The van der Waals surface area contributed by atoms with E-state index in [4.69, 9.17) is 4.74 Å². The van der Waals surface area contributed by atoms with Gasteiger partial charge in [0.25, 0.3) is 0 Å². The number of hydrogen-bond acceptors (Lipinski definition) is 3. The lowest BCUT2D eigenvalue weighted by atomic mass is 10.1. The highest BCUT2D eigenvalue weighted by Gasteiger charge is 2.17. The van der Waals surface area contributed by atoms with Gasteiger partial charge in [-0.3, -0.25) is 4.90 Å². The van der Waals surface area contributed by atoms with Crippen LogP contribution in [0.3, 0.4) is 0 Å². The number of ether oxygens (including phenoxy) is 1. The SMILES string of the molecule is CN(CCOc1ccc2ccccc2c1)C1CCCNC1. The molecule has 0 saturated carbocycles. The highest BCUT2D eigenvalue weighted by molar-refractivity contribution is 5.83. The fourth-order valence-corrected chi connectivity index (χ4v) is 2.96. The molecule has 3 nitrogen and oxygen atoms in total. The minimum atomic E-state index is 0.652. The number of rotatable bonds is 5. The Morgan fingerprint density at radius 2 is 2.05 bits per heavy atom. The van der Waals surface area contributed by atoms with Crippen molar-refractivity contribution in [2.75, 3.05) is 33.3 Å². The van der Waals surface area contributed by atoms with Crippen molar-refractivity contribution < 1.29 is 4.74 Å². The van der Waals surface area contributed by atoms with Crippen molar-refractivity contribution in [2.45, 2.75) is 18.9 Å². The van der Waals surface area contributed by atoms with E-state index in [0.717, 1.165) is 32.0 Å². The summed E-state index contributed by atoms with van der Waals surface area (Å²) >= 11 is 0. The van der Waals surface area contributed by atoms with Gasteiger partial charge in [-0.1, -0.05) is 30.3 Å². The molecule has 1 aliphatic rings. The minimum absolute atomic E-state index is 0.652. The first kappa shape index (κ1) is 14.4. The van der Waals surface area contributed by atoms with Gasteiger partial charge in [0.05, 0.1) is 0 Å². The molecule has 2 aromatic carbocycles. The van der Waals surface area contributed by atoms with E-state index < -0.39 is 0 Å². The highest BCUT2D eigenvalue weighted by atomic mass is 16.5. The van der Waals surface area contributed by atoms with Crippen LogP contribution in [0.5, 0.6) is 5.75 Å². The van der Waals surface area contributed by atoms with Gasteiger partial charge in [0.15, 0.2) is 0 Å². The molecule has 0 bridgehead atoms. The van der Waals surface area contributed by atoms with E-state index in [1.165, 1.54) is 23.6 Å². The lowest BCUT2D eigenvalue weighted by Gasteiger charge is -2.31. The fourth-order valence-electron chi connectivity index (χ4n) is 2.96. The quantitative estimate of drug-likeness (QED) is 0.913. The smallest absolute Gasteiger partial charge is 0.120 e. The number of likely N-dealkylation sites (N-methyl/N-ethyl adjacent to an activating group) is 1. The summed E-state index contributed by atoms with van der Waals surface area (Å²) in [5.74, 6) is 0.962. The first-order valence-electron chi connectivity index (χ1n) is 7.85. The Balaban J connectivity index is 1.51. The summed E-state index contributed by atoms with van der Waals surface area (Å²) in [4.78, 5) is 2.41. The summed E-state index contributed by atoms with van der Waals surface area (Å²) in [6.07, 6.45) is 2.57. The zero-order chi connectivity index (χ0) is 14.5. The monoisotopic (exact) mass is 284 g/mol. The lowest BCUT2D eigenvalue weighted by molar-refractivity contribution is 0.168. The molecule has 0 amide bonds. The second-order valence-electron chi connectivity index (χ2n) is 5.84. The molecule has 1 unspecified atom stereocenters. The first-order chi connectivity index (χ1) is 10.3. The molecule has 1 atom stereocenters. The Kier molecular flexibility index (Phi) is 4.73. The molecule has 21 heavy (non-hydrogen) atoms. The summed E-state index contributed by atoms with van der Waals surface area (Å²) in [6, 6.07) is 15.3. The summed E-state index contributed by atoms with van der Waals surface area (Å²) in [6.45, 7) is 3.98. The van der Waals surface area contributed by atoms with Crippen LogP contribution in [0.2, 0.25) is 0 Å². The third kappa shape index (κ3) is 3.74. The second kappa shape index (κ2) is 6.92. The zero-order valence-corrected chi connectivity index (χ0v) is 12.7. The van der Waals surface area contributed by atoms with Crippen molar-refractivity contribution in [3.8, 4) is 5.75 Å². The maximum Gasteiger partial charge on any atom is 0.120 e. The predicted octanol–water partition coefficient (Wildman–Crippen LogP) is 2.90. The Morgan fingerprint density at radius 1 is 1.19 bits per heavy atom. The number of nitrogens with one attached hydrogen (secondary N) is 1. The molecular weight excluding hydrogens is 260 g/mol. The van der Waals surface area contributed by atoms with E-state index in [0.29, 0.717) is 6.04 Å². The van der Waals surface area contributed by atoms with E-state index in [1.54, 1.807) is 0 Å². The fraction of sp³-hybridized carbons (Fsp3) is 0.444. The molecule has 1 aliphatic heterocycles. The summed E-state index contributed by atoms with van der Waals surface area (Å²) < 4.78 is 5.91. The summed E-state index contributed by atoms with van der Waals surface area (Å²) in [7, 11) is 2.20. The molecule has 1 heterocycles. The van der Waals surface area contributed by atoms with Crippen LogP contribution in [-0.2, 0) is 0 Å². The second-order valence-corrected chi connectivity index (χ2v) is 5.84. The normalized spacial score (nSPS) is 19.0. The maximum atomic E-state index is 5.91. The maximum absolute atomic E-state index is 5.91. The van der Waals surface area contributed by atoms with Gasteiger partial charge in [-0.15, -0.1) is 0 Å². The van der Waals surface area contributed by atoms with E-state index >= 15 is 0 Å². The lowest BCUT2D eigenvalue weighted by Crippen LogP contribution is -2.45. The molecule has 1 saturated heterocycles. The van der Waals surface area contributed by atoms with Gasteiger partial charge in [-0.25, -0.2) is 0 Å². The van der Waals surface area contributed by atoms with Gasteiger partial charge in [0.1, 0.15) is 12.4 Å². The van der Waals surface area contributed by atoms with Crippen LogP contribution in [-0.4, -0.2) is 44.2 Å². The van der Waals surface area contributed by atoms with Crippen LogP contribution >= 0.6 is 0 Å². The van der Waals surface area contributed by atoms with Gasteiger partial charge in [0, 0.05) is 19.1 Å². The molecule has 0 spiro atoms. The molecule has 1 fully saturated rings. The molecule has 3 rings (SSSR count). The van der Waals surface area contributed by atoms with Gasteiger partial charge in [0.2, 0.25) is 0 Å². The third-order valence-electron chi connectivity index (χ3n) is 4.33. The van der Waals surface area contributed by atoms with Crippen LogP contribution in [0.15, 0.2) is 42.5 Å². The Hall–Kier alpha value is -1.58. The molecular formula is C18H24N2O. The number of piperidine rings is 1. The van der Waals surface area contributed by atoms with Crippen LogP contribution in [0.1, 0.15) is 12.8 Å². The molecule has 2 aromatic rings. The third-order valence-corrected chi connectivity index (χ3v) is 4.33. The van der Waals surface area contributed by atoms with Crippen LogP contribution in [0.25, 0.3) is 10.8 Å². The average Bonchev–Trinajstić information content (AvgIpc) is 2.55. The average molecular weight is 284 g/mol. The zero-order valence-electron chi connectivity index (χ0n) is 12.7. The van der Waals surface area contributed by atoms with Gasteiger partial charge in [-0.05, 0) is 49.3 Å². The van der Waals surface area contributed by atoms with Crippen LogP contribution in [0.4, 0.5) is 0 Å². The Morgan fingerprint density at radius 3 is 2.86 bits per heavy atom. The molecule has 0 radical (unpaired) electrons. The van der Waals surface area contributed by atoms with Crippen LogP contribution < -0.4 is 10.1 Å². The molecule has 1 N–H and O–H groups in total. The topological polar surface area (TPSA) is 24.5 Å². The molecule has 112 valence electrons. The van der Waals surface area contributed by atoms with Crippen molar-refractivity contribution in [1.29, 1.82) is 0 Å². The minimum Gasteiger partial charge on any atom is -0.492 e. The number of fused-ring (bicyclic) bond motifs is 1. The Bertz CT molecular complexity index is 578. The van der Waals surface area contributed by atoms with E-state index in [-0.39, 0.29) is 0 Å². The number of nitrogens with zero attached hydrogens (tertiary/aromatic N) is 1. The van der Waals surface area contributed by atoms with E-state index in [9.17, 15) is 0 Å². The van der Waals surface area contributed by atoms with Crippen LogP contribution in [0, 0.1) is 0 Å². The van der Waals surface area contributed by atoms with Crippen molar-refractivity contribution in [1.82, 2.24) is 10.2 Å². The van der Waals surface area contributed by atoms with Crippen molar-refractivity contribution in [3.63, 3.8) is 0 Å². The van der Waals surface area contributed by atoms with E-state index in [2.05, 4.69) is 59.7 Å². The summed E-state index contributed by atoms with van der Waals surface area (Å²) in [5.41, 5.74) is 0. The largest absolute Gasteiger partial charge is 0.492 e. The van der Waals surface area contributed by atoms with Gasteiger partial charge < -0.3 is 10.1 Å². The van der Waals surface area contributed by atoms with Crippen molar-refractivity contribution in [2.24, 2.45) is 0 Å². The highest BCUT2D eigenvalue weighted by Crippen LogP contribution is 2.20. The van der Waals surface area contributed by atoms with Crippen molar-refractivity contribution >= 4 is 10.8 Å². The Labute approximate surface area is 126 Å². The van der Waals surface area contributed by atoms with Gasteiger partial charge in [-0.2, -0.15) is 0 Å². The predicted molar refractivity (Wildman–Crippen MR) is 88.0 cm³/mol. The van der Waals surface area contributed by atoms with Gasteiger partial charge >= 0.3 is 0 Å². The number of hydrogen-bond donors (Lipinski definition) is 1. The first-order valence-corrected chi connectivity index (χ1v) is 7.85. The molecule has 0 aliphatic carbocycles. The van der Waals surface area contributed by atoms with E-state index in [1.807, 2.05) is 0 Å². The molecule has 0 aromatic heterocycles. The molecule has 3 heteroatoms. The number of benzene rings is 2. The standard InChI is InChI=1S/C18H24N2O/c1-20(17-7-4-10-19-14-17)11-12-21-18-9-8-15-5-2-3-6-16(15)13-18/h2-3,5-6,8-9,13,17,19H,4,7,10-12,14H2,1H3.